The molecule has 1 amide bonds. The third-order valence-electron chi connectivity index (χ3n) is 5.32. The molecule has 3 aromatic heterocycles. The fourth-order valence-corrected chi connectivity index (χ4v) is 3.99. The van der Waals surface area contributed by atoms with Crippen molar-refractivity contribution in [1.29, 1.82) is 0 Å². The maximum absolute atomic E-state index is 12.5. The van der Waals surface area contributed by atoms with E-state index < -0.39 is 0 Å². The number of hydrogen-bond donors (Lipinski definition) is 1. The van der Waals surface area contributed by atoms with Gasteiger partial charge in [-0.2, -0.15) is 5.10 Å². The summed E-state index contributed by atoms with van der Waals surface area (Å²) in [7, 11) is 0. The van der Waals surface area contributed by atoms with E-state index in [1.54, 1.807) is 4.68 Å². The van der Waals surface area contributed by atoms with Gasteiger partial charge in [0.05, 0.1) is 5.39 Å². The van der Waals surface area contributed by atoms with E-state index >= 15 is 0 Å². The minimum Gasteiger partial charge on any atom is -0.354 e. The molecule has 1 fully saturated rings. The molecule has 7 nitrogen and oxygen atoms in total. The van der Waals surface area contributed by atoms with Gasteiger partial charge >= 0.3 is 0 Å². The number of carbonyl (C=O) groups excluding carboxylic acids is 1. The lowest BCUT2D eigenvalue weighted by molar-refractivity contribution is -0.121. The zero-order valence-electron chi connectivity index (χ0n) is 16.7. The van der Waals surface area contributed by atoms with Crippen LogP contribution in [-0.2, 0) is 11.3 Å². The second kappa shape index (κ2) is 8.14. The lowest BCUT2D eigenvalue weighted by Gasteiger charge is -2.14. The normalized spacial score (nSPS) is 14.8. The van der Waals surface area contributed by atoms with Crippen molar-refractivity contribution in [3.63, 3.8) is 0 Å². The first-order valence-electron chi connectivity index (χ1n) is 10.1. The summed E-state index contributed by atoms with van der Waals surface area (Å²) < 4.78 is 3.69. The molecule has 148 valence electrons. The second-order valence-corrected chi connectivity index (χ2v) is 7.60. The van der Waals surface area contributed by atoms with Crippen molar-refractivity contribution in [2.75, 3.05) is 26.2 Å². The molecule has 0 saturated carbocycles. The van der Waals surface area contributed by atoms with Crippen molar-refractivity contribution < 1.29 is 4.79 Å². The molecule has 4 heterocycles. The molecule has 1 aliphatic rings. The van der Waals surface area contributed by atoms with Crippen molar-refractivity contribution in [3.8, 4) is 5.82 Å². The van der Waals surface area contributed by atoms with Gasteiger partial charge < -0.3 is 14.8 Å². The number of nitrogens with one attached hydrogen (secondary N) is 1. The summed E-state index contributed by atoms with van der Waals surface area (Å²) >= 11 is 0. The molecule has 0 aliphatic carbocycles. The zero-order valence-corrected chi connectivity index (χ0v) is 16.7. The highest BCUT2D eigenvalue weighted by Crippen LogP contribution is 2.25. The third-order valence-corrected chi connectivity index (χ3v) is 5.32. The summed E-state index contributed by atoms with van der Waals surface area (Å²) in [5, 5.41) is 8.73. The molecule has 0 bridgehead atoms. The van der Waals surface area contributed by atoms with Gasteiger partial charge in [0.2, 0.25) is 5.91 Å². The lowest BCUT2D eigenvalue weighted by atomic mass is 10.2. The highest BCUT2D eigenvalue weighted by molar-refractivity contribution is 5.88. The number of rotatable bonds is 7. The average molecular weight is 380 g/mol. The third kappa shape index (κ3) is 3.94. The minimum atomic E-state index is -0.0224. The molecule has 0 aromatic carbocycles. The van der Waals surface area contributed by atoms with Crippen LogP contribution in [-0.4, -0.2) is 56.3 Å². The van der Waals surface area contributed by atoms with Gasteiger partial charge in [-0.15, -0.1) is 0 Å². The Hall–Kier alpha value is -2.67. The lowest BCUT2D eigenvalue weighted by Crippen LogP contribution is -2.31. The van der Waals surface area contributed by atoms with Crippen molar-refractivity contribution in [2.45, 2.75) is 39.7 Å². The van der Waals surface area contributed by atoms with Gasteiger partial charge in [0.25, 0.3) is 0 Å². The van der Waals surface area contributed by atoms with E-state index in [1.807, 2.05) is 36.0 Å². The van der Waals surface area contributed by atoms with Crippen LogP contribution in [0.3, 0.4) is 0 Å². The predicted octanol–water partition coefficient (Wildman–Crippen LogP) is 2.44. The molecule has 0 spiro atoms. The van der Waals surface area contributed by atoms with Crippen LogP contribution < -0.4 is 5.32 Å². The standard InChI is InChI=1S/C21H28N6O/c1-16-14-17(2)23-20-19(16)21(26-12-5-6-13-26)24-27(20)15-18(28)22-8-7-11-25-9-3-4-10-25/h5-6,12-14H,3-4,7-11,15H2,1-2H3,(H,22,28). The second-order valence-electron chi connectivity index (χ2n) is 7.60. The molecule has 1 N–H and O–H groups in total. The van der Waals surface area contributed by atoms with E-state index in [9.17, 15) is 4.79 Å². The van der Waals surface area contributed by atoms with Crippen molar-refractivity contribution in [2.24, 2.45) is 0 Å². The average Bonchev–Trinajstić information content (AvgIpc) is 3.40. The number of aromatic nitrogens is 4. The van der Waals surface area contributed by atoms with E-state index in [0.717, 1.165) is 41.1 Å². The zero-order chi connectivity index (χ0) is 19.5. The number of amides is 1. The maximum Gasteiger partial charge on any atom is 0.241 e. The Kier molecular flexibility index (Phi) is 5.43. The maximum atomic E-state index is 12.5. The van der Waals surface area contributed by atoms with Gasteiger partial charge in [0.15, 0.2) is 11.5 Å². The molecule has 4 rings (SSSR count). The summed E-state index contributed by atoms with van der Waals surface area (Å²) in [6, 6.07) is 5.99. The van der Waals surface area contributed by atoms with Crippen LogP contribution in [0.25, 0.3) is 16.9 Å². The van der Waals surface area contributed by atoms with E-state index in [-0.39, 0.29) is 12.5 Å². The van der Waals surface area contributed by atoms with E-state index in [4.69, 9.17) is 5.10 Å². The van der Waals surface area contributed by atoms with Crippen molar-refractivity contribution >= 4 is 16.9 Å². The van der Waals surface area contributed by atoms with Crippen LogP contribution in [0.2, 0.25) is 0 Å². The number of carbonyl (C=O) groups is 1. The van der Waals surface area contributed by atoms with Crippen molar-refractivity contribution in [3.05, 3.63) is 41.9 Å². The molecule has 3 aromatic rings. The quantitative estimate of drug-likeness (QED) is 0.639. The Bertz CT molecular complexity index is 953. The first-order chi connectivity index (χ1) is 13.6. The monoisotopic (exact) mass is 380 g/mol. The summed E-state index contributed by atoms with van der Waals surface area (Å²) in [6.07, 6.45) is 7.51. The van der Waals surface area contributed by atoms with Crippen molar-refractivity contribution in [1.82, 2.24) is 29.5 Å². The SMILES string of the molecule is Cc1cc(C)c2c(-n3cccc3)nn(CC(=O)NCCCN3CCCC3)c2n1. The number of pyridine rings is 1. The first kappa shape index (κ1) is 18.7. The van der Waals surface area contributed by atoms with Crippen LogP contribution in [0.15, 0.2) is 30.6 Å². The first-order valence-corrected chi connectivity index (χ1v) is 10.1. The Balaban J connectivity index is 1.47. The molecule has 1 saturated heterocycles. The van der Waals surface area contributed by atoms with Crippen LogP contribution in [0, 0.1) is 13.8 Å². The number of likely N-dealkylation sites (tertiary alicyclic amines) is 1. The smallest absolute Gasteiger partial charge is 0.241 e. The van der Waals surface area contributed by atoms with Crippen LogP contribution >= 0.6 is 0 Å². The number of nitrogens with zero attached hydrogens (tertiary/aromatic N) is 5. The van der Waals surface area contributed by atoms with Crippen LogP contribution in [0.4, 0.5) is 0 Å². The molecule has 1 aliphatic heterocycles. The summed E-state index contributed by atoms with van der Waals surface area (Å²) in [5.74, 6) is 0.790. The van der Waals surface area contributed by atoms with E-state index in [1.165, 1.54) is 25.9 Å². The Labute approximate surface area is 165 Å². The number of fused-ring (bicyclic) bond motifs is 1. The molecule has 7 heteroatoms. The topological polar surface area (TPSA) is 68.0 Å². The Morgan fingerprint density at radius 3 is 2.68 bits per heavy atom. The highest BCUT2D eigenvalue weighted by Gasteiger charge is 2.18. The predicted molar refractivity (Wildman–Crippen MR) is 110 cm³/mol. The molecule has 0 atom stereocenters. The number of hydrogen-bond acceptors (Lipinski definition) is 4. The fourth-order valence-electron chi connectivity index (χ4n) is 3.99. The van der Waals surface area contributed by atoms with Crippen LogP contribution in [0.1, 0.15) is 30.5 Å². The van der Waals surface area contributed by atoms with Gasteiger partial charge in [-0.05, 0) is 76.5 Å². The molecular formula is C21H28N6O. The molecule has 28 heavy (non-hydrogen) atoms. The van der Waals surface area contributed by atoms with E-state index in [2.05, 4.69) is 28.2 Å². The Morgan fingerprint density at radius 2 is 1.93 bits per heavy atom. The highest BCUT2D eigenvalue weighted by atomic mass is 16.2. The molecular weight excluding hydrogens is 352 g/mol. The summed E-state index contributed by atoms with van der Waals surface area (Å²) in [4.78, 5) is 19.6. The van der Waals surface area contributed by atoms with E-state index in [0.29, 0.717) is 6.54 Å². The van der Waals surface area contributed by atoms with Gasteiger partial charge in [0.1, 0.15) is 6.54 Å². The largest absolute Gasteiger partial charge is 0.354 e. The number of aryl methyl sites for hydroxylation is 2. The van der Waals surface area contributed by atoms with Gasteiger partial charge in [-0.1, -0.05) is 0 Å². The fraction of sp³-hybridized carbons (Fsp3) is 0.476. The molecule has 0 unspecified atom stereocenters. The minimum absolute atomic E-state index is 0.0224. The van der Waals surface area contributed by atoms with Gasteiger partial charge in [-0.25, -0.2) is 9.67 Å². The summed E-state index contributed by atoms with van der Waals surface area (Å²) in [5.41, 5.74) is 2.80. The molecule has 0 radical (unpaired) electrons. The van der Waals surface area contributed by atoms with Gasteiger partial charge in [0, 0.05) is 24.6 Å². The Morgan fingerprint density at radius 1 is 1.18 bits per heavy atom. The van der Waals surface area contributed by atoms with Gasteiger partial charge in [-0.3, -0.25) is 4.79 Å². The van der Waals surface area contributed by atoms with Crippen LogP contribution in [0.5, 0.6) is 0 Å². The summed E-state index contributed by atoms with van der Waals surface area (Å²) in [6.45, 7) is 8.36.